The van der Waals surface area contributed by atoms with Gasteiger partial charge in [-0.2, -0.15) is 4.98 Å². The standard InChI is InChI=1S/C24H27N5/c1-2-6-16(7-3-1)12-26-23-18-8-4-5-9-22(18)27-24(28-23)29-14-19-17-10-11-21(25-13-17)20(19)15-29/h1-9,17,19-21,25H,10-15H2,(H,26,27,28). The molecule has 3 aromatic rings. The molecule has 148 valence electrons. The number of nitrogens with zero attached hydrogens (tertiary/aromatic N) is 3. The SMILES string of the molecule is c1ccc(CNc2nc(N3CC4C5CCC(NC5)C4C3)nc3ccccc23)cc1. The van der Waals surface area contributed by atoms with Gasteiger partial charge in [-0.1, -0.05) is 42.5 Å². The van der Waals surface area contributed by atoms with Gasteiger partial charge >= 0.3 is 0 Å². The van der Waals surface area contributed by atoms with Gasteiger partial charge in [0.15, 0.2) is 0 Å². The highest BCUT2D eigenvalue weighted by Gasteiger charge is 2.48. The Morgan fingerprint density at radius 2 is 1.76 bits per heavy atom. The molecule has 4 heterocycles. The van der Waals surface area contributed by atoms with Crippen LogP contribution in [0.15, 0.2) is 54.6 Å². The molecule has 1 aromatic heterocycles. The van der Waals surface area contributed by atoms with E-state index in [1.165, 1.54) is 24.9 Å². The lowest BCUT2D eigenvalue weighted by Crippen LogP contribution is -2.54. The molecule has 4 atom stereocenters. The Morgan fingerprint density at radius 1 is 0.931 bits per heavy atom. The number of hydrogen-bond donors (Lipinski definition) is 2. The summed E-state index contributed by atoms with van der Waals surface area (Å²) in [5.41, 5.74) is 2.27. The van der Waals surface area contributed by atoms with E-state index in [9.17, 15) is 0 Å². The van der Waals surface area contributed by atoms with Crippen molar-refractivity contribution in [3.63, 3.8) is 0 Å². The van der Waals surface area contributed by atoms with Crippen LogP contribution in [0.2, 0.25) is 0 Å². The number of fused-ring (bicyclic) bond motifs is 3. The zero-order valence-electron chi connectivity index (χ0n) is 16.6. The number of aromatic nitrogens is 2. The van der Waals surface area contributed by atoms with Crippen molar-refractivity contribution in [1.82, 2.24) is 15.3 Å². The first-order chi connectivity index (χ1) is 14.3. The minimum Gasteiger partial charge on any atom is -0.365 e. The summed E-state index contributed by atoms with van der Waals surface area (Å²) in [6.07, 6.45) is 2.72. The van der Waals surface area contributed by atoms with E-state index in [2.05, 4.69) is 70.1 Å². The van der Waals surface area contributed by atoms with Crippen molar-refractivity contribution < 1.29 is 0 Å². The summed E-state index contributed by atoms with van der Waals surface area (Å²) in [5, 5.41) is 8.42. The molecule has 1 saturated carbocycles. The Balaban J connectivity index is 1.31. The number of benzene rings is 2. The van der Waals surface area contributed by atoms with Crippen molar-refractivity contribution >= 4 is 22.7 Å². The van der Waals surface area contributed by atoms with E-state index in [0.29, 0.717) is 6.04 Å². The smallest absolute Gasteiger partial charge is 0.227 e. The molecule has 4 aliphatic rings. The molecule has 0 spiro atoms. The molecule has 3 aliphatic heterocycles. The Hall–Kier alpha value is -2.66. The van der Waals surface area contributed by atoms with Crippen LogP contribution in [0.25, 0.3) is 10.9 Å². The van der Waals surface area contributed by atoms with Crippen LogP contribution in [0.3, 0.4) is 0 Å². The van der Waals surface area contributed by atoms with Crippen LogP contribution in [-0.2, 0) is 6.54 Å². The van der Waals surface area contributed by atoms with Crippen LogP contribution in [0.5, 0.6) is 0 Å². The van der Waals surface area contributed by atoms with Gasteiger partial charge in [0.25, 0.3) is 0 Å². The number of piperidine rings is 2. The third kappa shape index (κ3) is 3.04. The van der Waals surface area contributed by atoms with Gasteiger partial charge in [0, 0.05) is 31.1 Å². The molecule has 5 nitrogen and oxygen atoms in total. The van der Waals surface area contributed by atoms with Crippen LogP contribution in [-0.4, -0.2) is 35.6 Å². The molecule has 0 amide bonds. The van der Waals surface area contributed by atoms with Gasteiger partial charge in [0.2, 0.25) is 5.95 Å². The zero-order valence-corrected chi connectivity index (χ0v) is 16.6. The van der Waals surface area contributed by atoms with Gasteiger partial charge in [0.1, 0.15) is 5.82 Å². The average Bonchev–Trinajstić information content (AvgIpc) is 3.27. The minimum atomic E-state index is 0.686. The van der Waals surface area contributed by atoms with Gasteiger partial charge in [-0.3, -0.25) is 0 Å². The maximum absolute atomic E-state index is 5.01. The van der Waals surface area contributed by atoms with Gasteiger partial charge in [-0.05, 0) is 54.8 Å². The first-order valence-electron chi connectivity index (χ1n) is 10.9. The zero-order chi connectivity index (χ0) is 19.2. The van der Waals surface area contributed by atoms with E-state index in [0.717, 1.165) is 60.1 Å². The van der Waals surface area contributed by atoms with E-state index in [1.54, 1.807) is 0 Å². The molecule has 2 N–H and O–H groups in total. The van der Waals surface area contributed by atoms with Crippen molar-refractivity contribution in [2.75, 3.05) is 29.9 Å². The average molecular weight is 386 g/mol. The summed E-state index contributed by atoms with van der Waals surface area (Å²) in [4.78, 5) is 12.4. The van der Waals surface area contributed by atoms with Crippen LogP contribution >= 0.6 is 0 Å². The number of nitrogens with one attached hydrogen (secondary N) is 2. The number of para-hydroxylation sites is 1. The molecule has 3 saturated heterocycles. The normalized spacial score (nSPS) is 27.9. The molecule has 7 rings (SSSR count). The molecule has 29 heavy (non-hydrogen) atoms. The summed E-state index contributed by atoms with van der Waals surface area (Å²) < 4.78 is 0. The van der Waals surface area contributed by atoms with Gasteiger partial charge < -0.3 is 15.5 Å². The van der Waals surface area contributed by atoms with Crippen LogP contribution < -0.4 is 15.5 Å². The minimum absolute atomic E-state index is 0.686. The second-order valence-corrected chi connectivity index (χ2v) is 8.81. The number of anilines is 2. The fraction of sp³-hybridized carbons (Fsp3) is 0.417. The van der Waals surface area contributed by atoms with E-state index in [4.69, 9.17) is 9.97 Å². The predicted octanol–water partition coefficient (Wildman–Crippen LogP) is 3.68. The summed E-state index contributed by atoms with van der Waals surface area (Å²) in [6.45, 7) is 4.14. The molecule has 4 unspecified atom stereocenters. The molecule has 2 bridgehead atoms. The highest BCUT2D eigenvalue weighted by atomic mass is 15.3. The van der Waals surface area contributed by atoms with Gasteiger partial charge in [-0.25, -0.2) is 4.98 Å². The summed E-state index contributed by atoms with van der Waals surface area (Å²) >= 11 is 0. The van der Waals surface area contributed by atoms with Crippen LogP contribution in [0.1, 0.15) is 18.4 Å². The second kappa shape index (κ2) is 6.99. The molecule has 4 fully saturated rings. The van der Waals surface area contributed by atoms with Crippen molar-refractivity contribution in [3.05, 3.63) is 60.2 Å². The quantitative estimate of drug-likeness (QED) is 0.718. The Labute approximate surface area is 171 Å². The van der Waals surface area contributed by atoms with Crippen molar-refractivity contribution in [2.45, 2.75) is 25.4 Å². The van der Waals surface area contributed by atoms with Gasteiger partial charge in [-0.15, -0.1) is 0 Å². The maximum Gasteiger partial charge on any atom is 0.227 e. The lowest BCUT2D eigenvalue weighted by molar-refractivity contribution is 0.0927. The number of hydrogen-bond acceptors (Lipinski definition) is 5. The number of rotatable bonds is 4. The summed E-state index contributed by atoms with van der Waals surface area (Å²) in [5.74, 6) is 4.19. The lowest BCUT2D eigenvalue weighted by atomic mass is 9.68. The monoisotopic (exact) mass is 385 g/mol. The van der Waals surface area contributed by atoms with E-state index >= 15 is 0 Å². The summed E-state index contributed by atoms with van der Waals surface area (Å²) in [6, 6.07) is 19.5. The molecule has 1 aliphatic carbocycles. The van der Waals surface area contributed by atoms with Crippen LogP contribution in [0.4, 0.5) is 11.8 Å². The van der Waals surface area contributed by atoms with Crippen molar-refractivity contribution in [3.8, 4) is 0 Å². The topological polar surface area (TPSA) is 53.1 Å². The predicted molar refractivity (Wildman–Crippen MR) is 117 cm³/mol. The van der Waals surface area contributed by atoms with E-state index in [-0.39, 0.29) is 0 Å². The first-order valence-corrected chi connectivity index (χ1v) is 10.9. The van der Waals surface area contributed by atoms with Gasteiger partial charge in [0.05, 0.1) is 5.52 Å². The second-order valence-electron chi connectivity index (χ2n) is 8.81. The van der Waals surface area contributed by atoms with E-state index < -0.39 is 0 Å². The molecule has 0 radical (unpaired) electrons. The largest absolute Gasteiger partial charge is 0.365 e. The fourth-order valence-electron chi connectivity index (χ4n) is 5.70. The highest BCUT2D eigenvalue weighted by molar-refractivity contribution is 5.90. The Morgan fingerprint density at radius 3 is 2.59 bits per heavy atom. The van der Waals surface area contributed by atoms with Crippen molar-refractivity contribution in [1.29, 1.82) is 0 Å². The molecule has 5 heteroatoms. The van der Waals surface area contributed by atoms with Crippen molar-refractivity contribution in [2.24, 2.45) is 17.8 Å². The van der Waals surface area contributed by atoms with E-state index in [1.807, 2.05) is 0 Å². The molecule has 2 aromatic carbocycles. The molecular formula is C24H27N5. The third-order valence-corrected chi connectivity index (χ3v) is 7.20. The maximum atomic E-state index is 5.01. The van der Waals surface area contributed by atoms with Crippen LogP contribution in [0, 0.1) is 17.8 Å². The molecular weight excluding hydrogens is 358 g/mol. The first kappa shape index (κ1) is 17.2. The third-order valence-electron chi connectivity index (χ3n) is 7.20. The Bertz CT molecular complexity index is 992. The Kier molecular flexibility index (Phi) is 4.15. The highest BCUT2D eigenvalue weighted by Crippen LogP contribution is 2.44. The fourth-order valence-corrected chi connectivity index (χ4v) is 5.70. The lowest BCUT2D eigenvalue weighted by Gasteiger charge is -2.45. The summed E-state index contributed by atoms with van der Waals surface area (Å²) in [7, 11) is 0.